The monoisotopic (exact) mass is 249 g/mol. The first-order chi connectivity index (χ1) is 8.85. The predicted molar refractivity (Wildman–Crippen MR) is 72.1 cm³/mol. The van der Waals surface area contributed by atoms with Gasteiger partial charge in [0.25, 0.3) is 0 Å². The zero-order valence-electron chi connectivity index (χ0n) is 11.1. The Kier molecular flexibility index (Phi) is 5.11. The van der Waals surface area contributed by atoms with Crippen molar-refractivity contribution in [2.24, 2.45) is 11.7 Å². The molecule has 0 radical (unpaired) electrons. The molecule has 4 heteroatoms. The quantitative estimate of drug-likeness (QED) is 0.825. The number of hydrogen-bond acceptors (Lipinski definition) is 4. The van der Waals surface area contributed by atoms with Crippen LogP contribution in [0.5, 0.6) is 0 Å². The molecule has 0 spiro atoms. The van der Waals surface area contributed by atoms with Crippen molar-refractivity contribution in [3.05, 3.63) is 30.1 Å². The largest absolute Gasteiger partial charge is 0.381 e. The average Bonchev–Trinajstić information content (AvgIpc) is 2.93. The molecule has 1 aliphatic heterocycles. The van der Waals surface area contributed by atoms with Gasteiger partial charge in [-0.2, -0.15) is 0 Å². The minimum atomic E-state index is 0.422. The third-order valence-electron chi connectivity index (χ3n) is 3.76. The van der Waals surface area contributed by atoms with Gasteiger partial charge in [0.2, 0.25) is 0 Å². The van der Waals surface area contributed by atoms with Crippen LogP contribution in [0.2, 0.25) is 0 Å². The molecule has 0 aliphatic carbocycles. The summed E-state index contributed by atoms with van der Waals surface area (Å²) in [5.41, 5.74) is 7.27. The lowest BCUT2D eigenvalue weighted by atomic mass is 9.97. The molecule has 0 bridgehead atoms. The number of nitrogens with zero attached hydrogens (tertiary/aromatic N) is 2. The molecule has 1 saturated heterocycles. The molecule has 0 saturated carbocycles. The van der Waals surface area contributed by atoms with Gasteiger partial charge in [-0.05, 0) is 30.7 Å². The number of likely N-dealkylation sites (N-methyl/N-ethyl adjacent to an activating group) is 1. The summed E-state index contributed by atoms with van der Waals surface area (Å²) in [4.78, 5) is 6.51. The second kappa shape index (κ2) is 6.83. The van der Waals surface area contributed by atoms with Crippen LogP contribution in [-0.2, 0) is 11.3 Å². The van der Waals surface area contributed by atoms with Crippen molar-refractivity contribution in [3.8, 4) is 0 Å². The fourth-order valence-electron chi connectivity index (χ4n) is 2.68. The minimum absolute atomic E-state index is 0.422. The van der Waals surface area contributed by atoms with E-state index >= 15 is 0 Å². The van der Waals surface area contributed by atoms with Crippen LogP contribution in [0, 0.1) is 5.92 Å². The number of nitrogens with two attached hydrogens (primary N) is 1. The summed E-state index contributed by atoms with van der Waals surface area (Å²) in [6, 6.07) is 4.56. The molecular weight excluding hydrogens is 226 g/mol. The summed E-state index contributed by atoms with van der Waals surface area (Å²) in [5, 5.41) is 0. The fourth-order valence-corrected chi connectivity index (χ4v) is 2.68. The maximum Gasteiger partial charge on any atom is 0.0510 e. The highest BCUT2D eigenvalue weighted by molar-refractivity contribution is 5.09. The van der Waals surface area contributed by atoms with Crippen molar-refractivity contribution in [1.29, 1.82) is 0 Å². The lowest BCUT2D eigenvalue weighted by Gasteiger charge is -2.33. The standard InChI is InChI=1S/C14H23N3O/c1-2-17(10-12-3-6-16-7-4-12)14(9-15)13-5-8-18-11-13/h3-4,6-7,13-14H,2,5,8-11,15H2,1H3. The molecule has 100 valence electrons. The Balaban J connectivity index is 2.01. The normalized spacial score (nSPS) is 21.4. The zero-order valence-corrected chi connectivity index (χ0v) is 11.1. The maximum atomic E-state index is 5.97. The second-order valence-corrected chi connectivity index (χ2v) is 4.85. The van der Waals surface area contributed by atoms with Gasteiger partial charge in [-0.1, -0.05) is 6.92 Å². The minimum Gasteiger partial charge on any atom is -0.381 e. The third kappa shape index (κ3) is 3.28. The van der Waals surface area contributed by atoms with Gasteiger partial charge in [0.1, 0.15) is 0 Å². The van der Waals surface area contributed by atoms with Gasteiger partial charge in [-0.15, -0.1) is 0 Å². The molecule has 18 heavy (non-hydrogen) atoms. The molecule has 2 N–H and O–H groups in total. The molecule has 4 nitrogen and oxygen atoms in total. The van der Waals surface area contributed by atoms with E-state index in [0.29, 0.717) is 18.5 Å². The first-order valence-electron chi connectivity index (χ1n) is 6.76. The van der Waals surface area contributed by atoms with Crippen molar-refractivity contribution in [2.75, 3.05) is 26.3 Å². The molecule has 1 aliphatic rings. The second-order valence-electron chi connectivity index (χ2n) is 4.85. The summed E-state index contributed by atoms with van der Waals surface area (Å²) >= 11 is 0. The Morgan fingerprint density at radius 2 is 2.28 bits per heavy atom. The van der Waals surface area contributed by atoms with Gasteiger partial charge >= 0.3 is 0 Å². The summed E-state index contributed by atoms with van der Waals surface area (Å²) in [7, 11) is 0. The van der Waals surface area contributed by atoms with E-state index < -0.39 is 0 Å². The average molecular weight is 249 g/mol. The van der Waals surface area contributed by atoms with E-state index in [0.717, 1.165) is 32.7 Å². The molecule has 1 aromatic rings. The first-order valence-corrected chi connectivity index (χ1v) is 6.76. The van der Waals surface area contributed by atoms with Gasteiger partial charge in [0.15, 0.2) is 0 Å². The highest BCUT2D eigenvalue weighted by Crippen LogP contribution is 2.22. The van der Waals surface area contributed by atoms with E-state index in [1.807, 2.05) is 12.4 Å². The molecule has 1 fully saturated rings. The van der Waals surface area contributed by atoms with Crippen LogP contribution < -0.4 is 5.73 Å². The zero-order chi connectivity index (χ0) is 12.8. The molecule has 2 rings (SSSR count). The summed E-state index contributed by atoms with van der Waals surface area (Å²) < 4.78 is 5.49. The maximum absolute atomic E-state index is 5.97. The fraction of sp³-hybridized carbons (Fsp3) is 0.643. The smallest absolute Gasteiger partial charge is 0.0510 e. The summed E-state index contributed by atoms with van der Waals surface area (Å²) in [6.07, 6.45) is 4.83. The molecule has 0 aromatic carbocycles. The number of aromatic nitrogens is 1. The van der Waals surface area contributed by atoms with E-state index in [9.17, 15) is 0 Å². The predicted octanol–water partition coefficient (Wildman–Crippen LogP) is 1.27. The van der Waals surface area contributed by atoms with Crippen molar-refractivity contribution < 1.29 is 4.74 Å². The molecule has 1 aromatic heterocycles. The Labute approximate surface area is 109 Å². The number of ether oxygens (including phenoxy) is 1. The third-order valence-corrected chi connectivity index (χ3v) is 3.76. The number of hydrogen-bond donors (Lipinski definition) is 1. The summed E-state index contributed by atoms with van der Waals surface area (Å²) in [6.45, 7) is 6.59. The van der Waals surface area contributed by atoms with Gasteiger partial charge < -0.3 is 10.5 Å². The van der Waals surface area contributed by atoms with Crippen molar-refractivity contribution in [3.63, 3.8) is 0 Å². The van der Waals surface area contributed by atoms with Crippen molar-refractivity contribution in [1.82, 2.24) is 9.88 Å². The van der Waals surface area contributed by atoms with E-state index in [1.54, 1.807) is 0 Å². The van der Waals surface area contributed by atoms with Crippen molar-refractivity contribution >= 4 is 0 Å². The SMILES string of the molecule is CCN(Cc1ccncc1)C(CN)C1CCOC1. The molecule has 0 amide bonds. The van der Waals surface area contributed by atoms with Crippen LogP contribution in [0.1, 0.15) is 18.9 Å². The van der Waals surface area contributed by atoms with Crippen LogP contribution in [0.15, 0.2) is 24.5 Å². The van der Waals surface area contributed by atoms with Gasteiger partial charge in [-0.3, -0.25) is 9.88 Å². The van der Waals surface area contributed by atoms with E-state index in [1.165, 1.54) is 5.56 Å². The molecule has 2 atom stereocenters. The van der Waals surface area contributed by atoms with Crippen molar-refractivity contribution in [2.45, 2.75) is 25.9 Å². The summed E-state index contributed by atoms with van der Waals surface area (Å²) in [5.74, 6) is 0.580. The lowest BCUT2D eigenvalue weighted by molar-refractivity contribution is 0.121. The van der Waals surface area contributed by atoms with Crippen LogP contribution in [0.25, 0.3) is 0 Å². The Hall–Kier alpha value is -0.970. The highest BCUT2D eigenvalue weighted by Gasteiger charge is 2.28. The van der Waals surface area contributed by atoms with Crippen LogP contribution in [0.3, 0.4) is 0 Å². The molecule has 2 unspecified atom stereocenters. The van der Waals surface area contributed by atoms with Gasteiger partial charge in [-0.25, -0.2) is 0 Å². The Morgan fingerprint density at radius 1 is 1.50 bits per heavy atom. The Morgan fingerprint density at radius 3 is 2.83 bits per heavy atom. The van der Waals surface area contributed by atoms with Crippen LogP contribution in [0.4, 0.5) is 0 Å². The van der Waals surface area contributed by atoms with Gasteiger partial charge in [0, 0.05) is 44.0 Å². The molecule has 2 heterocycles. The van der Waals surface area contributed by atoms with Gasteiger partial charge in [0.05, 0.1) is 6.61 Å². The number of pyridine rings is 1. The molecular formula is C14H23N3O. The van der Waals surface area contributed by atoms with E-state index in [-0.39, 0.29) is 0 Å². The Bertz CT molecular complexity index is 338. The van der Waals surface area contributed by atoms with Crippen LogP contribution >= 0.6 is 0 Å². The van der Waals surface area contributed by atoms with E-state index in [4.69, 9.17) is 10.5 Å². The topological polar surface area (TPSA) is 51.4 Å². The number of rotatable bonds is 6. The first kappa shape index (κ1) is 13.5. The van der Waals surface area contributed by atoms with Crippen LogP contribution in [-0.4, -0.2) is 42.2 Å². The van der Waals surface area contributed by atoms with E-state index in [2.05, 4.69) is 28.9 Å². The highest BCUT2D eigenvalue weighted by atomic mass is 16.5. The lowest BCUT2D eigenvalue weighted by Crippen LogP contribution is -2.45.